The average molecular weight is 1040 g/mol. The van der Waals surface area contributed by atoms with Crippen molar-refractivity contribution >= 4 is 29.0 Å². The molecule has 386 valence electrons. The number of hydrogen-bond donors (Lipinski definition) is 4. The quantitative estimate of drug-likeness (QED) is 0.0271. The van der Waals surface area contributed by atoms with Gasteiger partial charge in [-0.25, -0.2) is 4.79 Å². The summed E-state index contributed by atoms with van der Waals surface area (Å²) >= 11 is 5.60. The predicted molar refractivity (Wildman–Crippen MR) is 291 cm³/mol. The highest BCUT2D eigenvalue weighted by molar-refractivity contribution is 7.80. The molecule has 10 rings (SSSR count). The standard InChI is InChI=1S/C60H58N8O7S/c69-51-14-17-55-44(33-51)32-45-34-52(70)15-18-56(45)60(55)57-16-13-46(35-54(57)58(71)75-60)66-59(76)65-23-24-72-25-26-73-27-28-74-53-30-42(36-67(38-47-9-1-5-19-61-47)39-48-10-2-6-20-62-48)29-43(31-53)37-68(40-49-11-3-7-21-63-49)41-50-12-4-8-22-64-50/h1-22,29-31,33-35,69-70H,23-28,32,36-41H2,(H2,65,66,76). The van der Waals surface area contributed by atoms with Crippen molar-refractivity contribution < 1.29 is 34.0 Å². The van der Waals surface area contributed by atoms with E-state index in [1.807, 2.05) is 110 Å². The molecule has 0 radical (unpaired) electrons. The van der Waals surface area contributed by atoms with Gasteiger partial charge < -0.3 is 39.8 Å². The van der Waals surface area contributed by atoms with Gasteiger partial charge in [0.1, 0.15) is 23.9 Å². The van der Waals surface area contributed by atoms with E-state index in [-0.39, 0.29) is 11.5 Å². The SMILES string of the molecule is O=C1OC2(c3ccc(O)cc3Cc3cc(O)ccc32)c2ccc(NC(=S)NCCOCCOCCOc3cc(CN(Cc4ccccn4)Cc4ccccn4)cc(CN(Cc4ccccn4)Cc4ccccn4)c3)cc21. The van der Waals surface area contributed by atoms with Gasteiger partial charge >= 0.3 is 5.97 Å². The van der Waals surface area contributed by atoms with Gasteiger partial charge in [-0.05, 0) is 138 Å². The molecule has 0 atom stereocenters. The van der Waals surface area contributed by atoms with Crippen LogP contribution in [0.3, 0.4) is 0 Å². The Hall–Kier alpha value is -8.12. The Bertz CT molecular complexity index is 3010. The van der Waals surface area contributed by atoms with Gasteiger partial charge in [-0.1, -0.05) is 48.5 Å². The van der Waals surface area contributed by atoms with E-state index in [2.05, 4.69) is 58.6 Å². The zero-order valence-electron chi connectivity index (χ0n) is 41.9. The van der Waals surface area contributed by atoms with Crippen molar-refractivity contribution in [1.29, 1.82) is 0 Å². The topological polar surface area (TPSA) is 177 Å². The van der Waals surface area contributed by atoms with Gasteiger partial charge in [-0.15, -0.1) is 0 Å². The number of carbonyl (C=O) groups is 1. The van der Waals surface area contributed by atoms with Crippen LogP contribution in [0.25, 0.3) is 0 Å². The number of aromatic nitrogens is 4. The van der Waals surface area contributed by atoms with E-state index in [1.165, 1.54) is 0 Å². The second-order valence-electron chi connectivity index (χ2n) is 18.7. The number of anilines is 1. The summed E-state index contributed by atoms with van der Waals surface area (Å²) < 4.78 is 24.5. The molecule has 4 aromatic heterocycles. The maximum absolute atomic E-state index is 13.6. The highest BCUT2D eigenvalue weighted by Gasteiger charge is 2.52. The van der Waals surface area contributed by atoms with Crippen LogP contribution in [0, 0.1) is 0 Å². The van der Waals surface area contributed by atoms with Crippen molar-refractivity contribution in [3.63, 3.8) is 0 Å². The number of ether oxygens (including phenoxy) is 4. The van der Waals surface area contributed by atoms with E-state index in [0.29, 0.717) is 107 Å². The third kappa shape index (κ3) is 12.9. The van der Waals surface area contributed by atoms with Crippen molar-refractivity contribution in [3.05, 3.63) is 238 Å². The number of rotatable bonds is 23. The molecular weight excluding hydrogens is 977 g/mol. The monoisotopic (exact) mass is 1030 g/mol. The Balaban J connectivity index is 0.721. The first-order chi connectivity index (χ1) is 37.2. The van der Waals surface area contributed by atoms with Crippen molar-refractivity contribution in [1.82, 2.24) is 35.1 Å². The maximum atomic E-state index is 13.6. The first-order valence-electron chi connectivity index (χ1n) is 25.3. The van der Waals surface area contributed by atoms with Crippen molar-refractivity contribution in [3.8, 4) is 17.2 Å². The number of carbonyl (C=O) groups excluding carboxylic acids is 1. The molecule has 4 aromatic carbocycles. The van der Waals surface area contributed by atoms with Crippen LogP contribution in [0.5, 0.6) is 17.2 Å². The van der Waals surface area contributed by atoms with Crippen LogP contribution < -0.4 is 15.4 Å². The highest BCUT2D eigenvalue weighted by Crippen LogP contribution is 2.53. The van der Waals surface area contributed by atoms with E-state index in [1.54, 1.807) is 42.5 Å². The molecule has 76 heavy (non-hydrogen) atoms. The summed E-state index contributed by atoms with van der Waals surface area (Å²) in [6, 6.07) is 46.0. The summed E-state index contributed by atoms with van der Waals surface area (Å²) in [5.74, 6) is 0.490. The molecule has 1 aliphatic carbocycles. The Morgan fingerprint density at radius 2 is 1.05 bits per heavy atom. The van der Waals surface area contributed by atoms with Crippen LogP contribution in [-0.4, -0.2) is 90.6 Å². The molecule has 2 aliphatic rings. The van der Waals surface area contributed by atoms with E-state index < -0.39 is 11.6 Å². The number of nitrogens with one attached hydrogen (secondary N) is 2. The van der Waals surface area contributed by atoms with E-state index in [9.17, 15) is 15.0 Å². The van der Waals surface area contributed by atoms with Gasteiger partial charge in [-0.2, -0.15) is 0 Å². The second-order valence-corrected chi connectivity index (χ2v) is 19.1. The van der Waals surface area contributed by atoms with E-state index in [4.69, 9.17) is 31.2 Å². The average Bonchev–Trinajstić information content (AvgIpc) is 3.93. The first kappa shape index (κ1) is 51.4. The molecule has 0 saturated carbocycles. The van der Waals surface area contributed by atoms with Crippen LogP contribution in [-0.2, 0) is 65.5 Å². The van der Waals surface area contributed by atoms with Crippen molar-refractivity contribution in [2.75, 3.05) is 44.9 Å². The number of pyridine rings is 4. The van der Waals surface area contributed by atoms with Gasteiger partial charge in [-0.3, -0.25) is 29.7 Å². The molecule has 0 unspecified atom stereocenters. The minimum atomic E-state index is -1.23. The number of nitrogens with zero attached hydrogens (tertiary/aromatic N) is 6. The van der Waals surface area contributed by atoms with Gasteiger partial charge in [0.25, 0.3) is 0 Å². The predicted octanol–water partition coefficient (Wildman–Crippen LogP) is 8.85. The van der Waals surface area contributed by atoms with Crippen LogP contribution in [0.2, 0.25) is 0 Å². The van der Waals surface area contributed by atoms with Gasteiger partial charge in [0.15, 0.2) is 10.7 Å². The zero-order valence-corrected chi connectivity index (χ0v) is 42.7. The van der Waals surface area contributed by atoms with Gasteiger partial charge in [0.2, 0.25) is 0 Å². The lowest BCUT2D eigenvalue weighted by Crippen LogP contribution is -2.35. The smallest absolute Gasteiger partial charge is 0.340 e. The summed E-state index contributed by atoms with van der Waals surface area (Å²) in [5.41, 5.74) is 9.71. The number of thiocarbonyl (C=S) groups is 1. The molecule has 1 spiro atoms. The zero-order chi connectivity index (χ0) is 52.1. The Labute approximate surface area is 447 Å². The van der Waals surface area contributed by atoms with Crippen molar-refractivity contribution in [2.45, 2.75) is 51.3 Å². The molecule has 1 aliphatic heterocycles. The van der Waals surface area contributed by atoms with Gasteiger partial charge in [0.05, 0.1) is 54.8 Å². The Kier molecular flexibility index (Phi) is 16.6. The van der Waals surface area contributed by atoms with Crippen molar-refractivity contribution in [2.24, 2.45) is 0 Å². The number of esters is 1. The molecule has 4 N–H and O–H groups in total. The summed E-state index contributed by atoms with van der Waals surface area (Å²) in [5, 5.41) is 27.3. The lowest BCUT2D eigenvalue weighted by molar-refractivity contribution is 0.0240. The lowest BCUT2D eigenvalue weighted by Gasteiger charge is -2.37. The fourth-order valence-electron chi connectivity index (χ4n) is 9.92. The maximum Gasteiger partial charge on any atom is 0.340 e. The third-order valence-electron chi connectivity index (χ3n) is 13.1. The highest BCUT2D eigenvalue weighted by atomic mass is 32.1. The number of phenolic OH excluding ortho intramolecular Hbond substituents is 2. The molecule has 0 bridgehead atoms. The Morgan fingerprint density at radius 1 is 0.566 bits per heavy atom. The summed E-state index contributed by atoms with van der Waals surface area (Å²) in [6.07, 6.45) is 7.78. The van der Waals surface area contributed by atoms with Gasteiger partial charge in [0, 0.05) is 93.0 Å². The normalized spacial score (nSPS) is 13.0. The van der Waals surface area contributed by atoms with Crippen LogP contribution >= 0.6 is 12.2 Å². The minimum Gasteiger partial charge on any atom is -0.508 e. The molecule has 15 nitrogen and oxygen atoms in total. The first-order valence-corrected chi connectivity index (χ1v) is 25.7. The molecule has 5 heterocycles. The summed E-state index contributed by atoms with van der Waals surface area (Å²) in [6.45, 7) is 6.16. The van der Waals surface area contributed by atoms with Crippen LogP contribution in [0.15, 0.2) is 170 Å². The fraction of sp³-hybridized carbons (Fsp3) is 0.233. The second kappa shape index (κ2) is 24.5. The fourth-order valence-corrected chi connectivity index (χ4v) is 10.1. The van der Waals surface area contributed by atoms with Crippen LogP contribution in [0.4, 0.5) is 5.69 Å². The number of hydrogen-bond acceptors (Lipinski definition) is 14. The largest absolute Gasteiger partial charge is 0.508 e. The van der Waals surface area contributed by atoms with E-state index in [0.717, 1.165) is 61.9 Å². The lowest BCUT2D eigenvalue weighted by atomic mass is 9.71. The number of phenols is 2. The summed E-state index contributed by atoms with van der Waals surface area (Å²) in [7, 11) is 0. The number of fused-ring (bicyclic) bond motifs is 6. The summed E-state index contributed by atoms with van der Waals surface area (Å²) in [4.78, 5) is 36.8. The minimum absolute atomic E-state index is 0.111. The molecular formula is C60H58N8O7S. The molecule has 0 saturated heterocycles. The van der Waals surface area contributed by atoms with Crippen LogP contribution in [0.1, 0.15) is 72.1 Å². The molecule has 8 aromatic rings. The van der Waals surface area contributed by atoms with E-state index >= 15 is 0 Å². The molecule has 0 amide bonds. The Morgan fingerprint density at radius 3 is 1.55 bits per heavy atom. The number of benzene rings is 4. The molecule has 0 fully saturated rings. The third-order valence-corrected chi connectivity index (χ3v) is 13.4. The molecule has 16 heteroatoms. The number of aromatic hydroxyl groups is 2.